The molecule has 0 fully saturated rings. The average molecular weight is 430 g/mol. The molecule has 0 radical (unpaired) electrons. The number of oxime groups is 1. The Labute approximate surface area is 164 Å². The Morgan fingerprint density at radius 2 is 1.93 bits per heavy atom. The lowest BCUT2D eigenvalue weighted by Gasteiger charge is -2.07. The topological polar surface area (TPSA) is 69.7 Å². The molecular weight excluding hydrogens is 413 g/mol. The molecule has 0 aliphatic heterocycles. The molecular formula is C20H17BrFN3O2. The van der Waals surface area contributed by atoms with Crippen molar-refractivity contribution in [1.29, 1.82) is 0 Å². The second-order valence-electron chi connectivity index (χ2n) is 5.66. The van der Waals surface area contributed by atoms with Crippen molar-refractivity contribution in [3.63, 3.8) is 0 Å². The minimum atomic E-state index is -0.367. The lowest BCUT2D eigenvalue weighted by atomic mass is 10.2. The van der Waals surface area contributed by atoms with E-state index in [4.69, 9.17) is 15.3 Å². The fourth-order valence-corrected chi connectivity index (χ4v) is 2.57. The molecule has 1 heterocycles. The Hall–Kier alpha value is -2.93. The molecule has 0 spiro atoms. The Balaban J connectivity index is 1.54. The molecule has 0 atom stereocenters. The van der Waals surface area contributed by atoms with Gasteiger partial charge in [-0.05, 0) is 42.5 Å². The Bertz CT molecular complexity index is 918. The highest BCUT2D eigenvalue weighted by Crippen LogP contribution is 2.17. The first kappa shape index (κ1) is 18.8. The number of ether oxygens (including phenoxy) is 1. The fraction of sp³-hybridized carbons (Fsp3) is 0.100. The van der Waals surface area contributed by atoms with Gasteiger partial charge in [-0.1, -0.05) is 33.2 Å². The Kier molecular flexibility index (Phi) is 6.38. The van der Waals surface area contributed by atoms with Crippen LogP contribution < -0.4 is 10.5 Å². The SMILES string of the molecule is NC(=NOCc1ccc(Br)cc1F)c1ccc(OCc2cccnc2)cc1. The van der Waals surface area contributed by atoms with Crippen molar-refractivity contribution in [3.8, 4) is 5.75 Å². The molecule has 3 rings (SSSR count). The van der Waals surface area contributed by atoms with Crippen LogP contribution in [-0.4, -0.2) is 10.8 Å². The summed E-state index contributed by atoms with van der Waals surface area (Å²) in [4.78, 5) is 9.20. The molecule has 0 bridgehead atoms. The predicted octanol–water partition coefficient (Wildman–Crippen LogP) is 4.40. The fourth-order valence-electron chi connectivity index (χ4n) is 2.23. The largest absolute Gasteiger partial charge is 0.489 e. The number of pyridine rings is 1. The molecule has 0 amide bonds. The summed E-state index contributed by atoms with van der Waals surface area (Å²) in [5.74, 6) is 0.535. The van der Waals surface area contributed by atoms with E-state index in [9.17, 15) is 4.39 Å². The van der Waals surface area contributed by atoms with Crippen molar-refractivity contribution in [2.45, 2.75) is 13.2 Å². The highest BCUT2D eigenvalue weighted by Gasteiger charge is 2.04. The van der Waals surface area contributed by atoms with Gasteiger partial charge in [0.25, 0.3) is 0 Å². The number of amidine groups is 1. The summed E-state index contributed by atoms with van der Waals surface area (Å²) in [7, 11) is 0. The van der Waals surface area contributed by atoms with Gasteiger partial charge in [-0.3, -0.25) is 4.98 Å². The molecule has 2 aromatic carbocycles. The maximum atomic E-state index is 13.7. The zero-order valence-electron chi connectivity index (χ0n) is 14.3. The summed E-state index contributed by atoms with van der Waals surface area (Å²) < 4.78 is 20.1. The predicted molar refractivity (Wildman–Crippen MR) is 105 cm³/mol. The molecule has 0 saturated heterocycles. The summed E-state index contributed by atoms with van der Waals surface area (Å²) in [6.45, 7) is 0.421. The van der Waals surface area contributed by atoms with Crippen LogP contribution in [-0.2, 0) is 18.1 Å². The maximum Gasteiger partial charge on any atom is 0.170 e. The third-order valence-electron chi connectivity index (χ3n) is 3.68. The summed E-state index contributed by atoms with van der Waals surface area (Å²) in [6, 6.07) is 15.7. The lowest BCUT2D eigenvalue weighted by Crippen LogP contribution is -2.13. The summed E-state index contributed by atoms with van der Waals surface area (Å²) in [5, 5.41) is 3.84. The molecule has 138 valence electrons. The first-order valence-electron chi connectivity index (χ1n) is 8.13. The van der Waals surface area contributed by atoms with Crippen LogP contribution >= 0.6 is 15.9 Å². The number of hydrogen-bond donors (Lipinski definition) is 1. The number of halogens is 2. The number of hydrogen-bond acceptors (Lipinski definition) is 4. The maximum absolute atomic E-state index is 13.7. The average Bonchev–Trinajstić information content (AvgIpc) is 2.69. The molecule has 5 nitrogen and oxygen atoms in total. The van der Waals surface area contributed by atoms with E-state index in [1.807, 2.05) is 12.1 Å². The molecule has 0 aliphatic rings. The number of nitrogens with two attached hydrogens (primary N) is 1. The third kappa shape index (κ3) is 5.52. The molecule has 2 N–H and O–H groups in total. The summed E-state index contributed by atoms with van der Waals surface area (Å²) >= 11 is 3.21. The third-order valence-corrected chi connectivity index (χ3v) is 4.17. The van der Waals surface area contributed by atoms with E-state index in [2.05, 4.69) is 26.1 Å². The van der Waals surface area contributed by atoms with Crippen molar-refractivity contribution < 1.29 is 14.0 Å². The molecule has 0 aliphatic carbocycles. The van der Waals surface area contributed by atoms with E-state index in [-0.39, 0.29) is 18.3 Å². The van der Waals surface area contributed by atoms with Crippen LogP contribution in [0.2, 0.25) is 0 Å². The van der Waals surface area contributed by atoms with E-state index < -0.39 is 0 Å². The van der Waals surface area contributed by atoms with Crippen molar-refractivity contribution >= 4 is 21.8 Å². The van der Waals surface area contributed by atoms with Crippen LogP contribution in [0.5, 0.6) is 5.75 Å². The Morgan fingerprint density at radius 3 is 2.63 bits per heavy atom. The quantitative estimate of drug-likeness (QED) is 0.343. The van der Waals surface area contributed by atoms with Crippen molar-refractivity contribution in [3.05, 3.63) is 94.0 Å². The van der Waals surface area contributed by atoms with Crippen LogP contribution in [0.3, 0.4) is 0 Å². The van der Waals surface area contributed by atoms with E-state index in [1.165, 1.54) is 6.07 Å². The van der Waals surface area contributed by atoms with Crippen LogP contribution in [0.25, 0.3) is 0 Å². The molecule has 3 aromatic rings. The lowest BCUT2D eigenvalue weighted by molar-refractivity contribution is 0.127. The second-order valence-corrected chi connectivity index (χ2v) is 6.58. The monoisotopic (exact) mass is 429 g/mol. The number of benzene rings is 2. The van der Waals surface area contributed by atoms with E-state index >= 15 is 0 Å². The zero-order chi connectivity index (χ0) is 19.1. The molecule has 1 aromatic heterocycles. The van der Waals surface area contributed by atoms with Gasteiger partial charge in [0, 0.05) is 33.6 Å². The highest BCUT2D eigenvalue weighted by atomic mass is 79.9. The molecule has 7 heteroatoms. The minimum Gasteiger partial charge on any atom is -0.489 e. The van der Waals surface area contributed by atoms with Gasteiger partial charge in [-0.15, -0.1) is 0 Å². The van der Waals surface area contributed by atoms with Gasteiger partial charge < -0.3 is 15.3 Å². The van der Waals surface area contributed by atoms with E-state index in [0.717, 1.165) is 5.56 Å². The minimum absolute atomic E-state index is 0.00782. The van der Waals surface area contributed by atoms with Crippen molar-refractivity contribution in [1.82, 2.24) is 4.98 Å². The van der Waals surface area contributed by atoms with Crippen LogP contribution in [0, 0.1) is 5.82 Å². The number of rotatable bonds is 7. The molecule has 27 heavy (non-hydrogen) atoms. The van der Waals surface area contributed by atoms with Crippen LogP contribution in [0.15, 0.2) is 76.6 Å². The van der Waals surface area contributed by atoms with Gasteiger partial charge in [0.1, 0.15) is 24.8 Å². The van der Waals surface area contributed by atoms with Gasteiger partial charge in [0.15, 0.2) is 5.84 Å². The van der Waals surface area contributed by atoms with Crippen molar-refractivity contribution in [2.75, 3.05) is 0 Å². The number of nitrogens with zero attached hydrogens (tertiary/aromatic N) is 2. The van der Waals surface area contributed by atoms with Crippen LogP contribution in [0.1, 0.15) is 16.7 Å². The van der Waals surface area contributed by atoms with Gasteiger partial charge in [0.05, 0.1) is 0 Å². The Morgan fingerprint density at radius 1 is 1.11 bits per heavy atom. The smallest absolute Gasteiger partial charge is 0.170 e. The summed E-state index contributed by atoms with van der Waals surface area (Å²) in [6.07, 6.45) is 3.47. The molecule has 0 unspecified atom stereocenters. The van der Waals surface area contributed by atoms with Gasteiger partial charge >= 0.3 is 0 Å². The van der Waals surface area contributed by atoms with E-state index in [1.54, 1.807) is 48.8 Å². The highest BCUT2D eigenvalue weighted by molar-refractivity contribution is 9.10. The van der Waals surface area contributed by atoms with Crippen LogP contribution in [0.4, 0.5) is 4.39 Å². The molecule has 0 saturated carbocycles. The normalized spacial score (nSPS) is 11.3. The van der Waals surface area contributed by atoms with Gasteiger partial charge in [0.2, 0.25) is 0 Å². The first-order valence-corrected chi connectivity index (χ1v) is 8.92. The summed E-state index contributed by atoms with van der Waals surface area (Å²) in [5.41, 5.74) is 7.97. The van der Waals surface area contributed by atoms with Gasteiger partial charge in [-0.2, -0.15) is 0 Å². The zero-order valence-corrected chi connectivity index (χ0v) is 15.9. The standard InChI is InChI=1S/C20H17BrFN3O2/c21-17-6-3-16(19(22)10-17)13-27-25-20(23)15-4-7-18(8-5-15)26-12-14-2-1-9-24-11-14/h1-11H,12-13H2,(H2,23,25). The first-order chi connectivity index (χ1) is 13.1. The van der Waals surface area contributed by atoms with Gasteiger partial charge in [-0.25, -0.2) is 4.39 Å². The van der Waals surface area contributed by atoms with E-state index in [0.29, 0.717) is 28.0 Å². The second kappa shape index (κ2) is 9.14. The number of aromatic nitrogens is 1. The van der Waals surface area contributed by atoms with Crippen molar-refractivity contribution in [2.24, 2.45) is 10.9 Å².